The molecule has 0 bridgehead atoms. The number of nitrogens with zero attached hydrogens (tertiary/aromatic N) is 2. The van der Waals surface area contributed by atoms with Crippen molar-refractivity contribution in [1.29, 1.82) is 0 Å². The Labute approximate surface area is 104 Å². The number of methoxy groups -OCH3 is 1. The molecule has 0 amide bonds. The van der Waals surface area contributed by atoms with Gasteiger partial charge in [-0.25, -0.2) is 0 Å². The van der Waals surface area contributed by atoms with Crippen LogP contribution in [0.25, 0.3) is 0 Å². The van der Waals surface area contributed by atoms with E-state index in [-0.39, 0.29) is 0 Å². The summed E-state index contributed by atoms with van der Waals surface area (Å²) in [7, 11) is 3.53. The van der Waals surface area contributed by atoms with Gasteiger partial charge in [0.1, 0.15) is 0 Å². The predicted molar refractivity (Wildman–Crippen MR) is 69.4 cm³/mol. The number of rotatable bonds is 6. The second-order valence-electron chi connectivity index (χ2n) is 4.25. The highest BCUT2D eigenvalue weighted by Crippen LogP contribution is 2.16. The number of ether oxygens (including phenoxy) is 2. The molecule has 0 radical (unpaired) electrons. The molecule has 1 atom stereocenters. The fourth-order valence-corrected chi connectivity index (χ4v) is 2.04. The van der Waals surface area contributed by atoms with E-state index in [2.05, 4.69) is 22.1 Å². The van der Waals surface area contributed by atoms with Crippen molar-refractivity contribution in [1.82, 2.24) is 10.2 Å². The van der Waals surface area contributed by atoms with E-state index in [1.54, 1.807) is 7.11 Å². The third-order valence-corrected chi connectivity index (χ3v) is 2.92. The molecule has 1 aliphatic rings. The van der Waals surface area contributed by atoms with Gasteiger partial charge in [-0.15, -0.1) is 0 Å². The molecule has 1 unspecified atom stereocenters. The Morgan fingerprint density at radius 3 is 2.94 bits per heavy atom. The smallest absolute Gasteiger partial charge is 0.193 e. The van der Waals surface area contributed by atoms with Crippen molar-refractivity contribution in [2.75, 3.05) is 53.6 Å². The Balaban J connectivity index is 2.22. The lowest BCUT2D eigenvalue weighted by Crippen LogP contribution is -2.40. The van der Waals surface area contributed by atoms with Gasteiger partial charge in [-0.1, -0.05) is 0 Å². The van der Waals surface area contributed by atoms with Crippen LogP contribution in [0.15, 0.2) is 4.99 Å². The molecule has 100 valence electrons. The monoisotopic (exact) mass is 243 g/mol. The van der Waals surface area contributed by atoms with Gasteiger partial charge in [-0.3, -0.25) is 4.99 Å². The van der Waals surface area contributed by atoms with Crippen LogP contribution in [0.5, 0.6) is 0 Å². The minimum atomic E-state index is 0.613. The van der Waals surface area contributed by atoms with E-state index in [0.717, 1.165) is 32.2 Å². The SMILES string of the molecule is CCNC(=NC)N1CCC(COCCOC)C1. The van der Waals surface area contributed by atoms with Gasteiger partial charge in [-0.2, -0.15) is 0 Å². The zero-order valence-electron chi connectivity index (χ0n) is 11.2. The fourth-order valence-electron chi connectivity index (χ4n) is 2.04. The average molecular weight is 243 g/mol. The summed E-state index contributed by atoms with van der Waals surface area (Å²) in [4.78, 5) is 6.57. The van der Waals surface area contributed by atoms with Crippen LogP contribution in [-0.2, 0) is 9.47 Å². The first-order chi connectivity index (χ1) is 8.31. The zero-order valence-corrected chi connectivity index (χ0v) is 11.2. The lowest BCUT2D eigenvalue weighted by Gasteiger charge is -2.21. The minimum Gasteiger partial charge on any atom is -0.382 e. The van der Waals surface area contributed by atoms with Gasteiger partial charge in [0.15, 0.2) is 5.96 Å². The summed E-state index contributed by atoms with van der Waals surface area (Å²) in [6, 6.07) is 0. The second-order valence-corrected chi connectivity index (χ2v) is 4.25. The van der Waals surface area contributed by atoms with Crippen LogP contribution in [0.1, 0.15) is 13.3 Å². The molecule has 1 saturated heterocycles. The predicted octanol–water partition coefficient (Wildman–Crippen LogP) is 0.567. The van der Waals surface area contributed by atoms with Crippen LogP contribution in [-0.4, -0.2) is 64.5 Å². The normalized spacial score (nSPS) is 21.0. The third kappa shape index (κ3) is 4.91. The summed E-state index contributed by atoms with van der Waals surface area (Å²) in [6.07, 6.45) is 1.18. The van der Waals surface area contributed by atoms with E-state index < -0.39 is 0 Å². The average Bonchev–Trinajstić information content (AvgIpc) is 2.80. The van der Waals surface area contributed by atoms with E-state index >= 15 is 0 Å². The molecule has 0 spiro atoms. The van der Waals surface area contributed by atoms with E-state index in [0.29, 0.717) is 19.1 Å². The molecule has 0 saturated carbocycles. The maximum atomic E-state index is 5.57. The van der Waals surface area contributed by atoms with Crippen molar-refractivity contribution >= 4 is 5.96 Å². The first-order valence-corrected chi connectivity index (χ1v) is 6.34. The summed E-state index contributed by atoms with van der Waals surface area (Å²) in [6.45, 7) is 7.29. The van der Waals surface area contributed by atoms with Crippen molar-refractivity contribution < 1.29 is 9.47 Å². The molecule has 5 heteroatoms. The number of likely N-dealkylation sites (tertiary alicyclic amines) is 1. The highest BCUT2D eigenvalue weighted by atomic mass is 16.5. The van der Waals surface area contributed by atoms with Crippen molar-refractivity contribution in [2.24, 2.45) is 10.9 Å². The van der Waals surface area contributed by atoms with Gasteiger partial charge in [0.2, 0.25) is 0 Å². The first-order valence-electron chi connectivity index (χ1n) is 6.34. The molecule has 1 fully saturated rings. The standard InChI is InChI=1S/C12H25N3O2/c1-4-14-12(13-2)15-6-5-11(9-15)10-17-8-7-16-3/h11H,4-10H2,1-3H3,(H,13,14). The number of aliphatic imine (C=N–C) groups is 1. The zero-order chi connectivity index (χ0) is 12.5. The summed E-state index contributed by atoms with van der Waals surface area (Å²) in [5.41, 5.74) is 0. The van der Waals surface area contributed by atoms with Crippen LogP contribution in [0.4, 0.5) is 0 Å². The fraction of sp³-hybridized carbons (Fsp3) is 0.917. The maximum Gasteiger partial charge on any atom is 0.193 e. The third-order valence-electron chi connectivity index (χ3n) is 2.92. The molecule has 0 aromatic heterocycles. The Morgan fingerprint density at radius 2 is 2.29 bits per heavy atom. The van der Waals surface area contributed by atoms with Crippen LogP contribution in [0.2, 0.25) is 0 Å². The van der Waals surface area contributed by atoms with Crippen LogP contribution < -0.4 is 5.32 Å². The molecule has 17 heavy (non-hydrogen) atoms. The lowest BCUT2D eigenvalue weighted by molar-refractivity contribution is 0.0536. The highest BCUT2D eigenvalue weighted by Gasteiger charge is 2.24. The summed E-state index contributed by atoms with van der Waals surface area (Å²) in [5, 5.41) is 3.29. The molecule has 1 rings (SSSR count). The highest BCUT2D eigenvalue weighted by molar-refractivity contribution is 5.80. The van der Waals surface area contributed by atoms with Gasteiger partial charge in [-0.05, 0) is 13.3 Å². The van der Waals surface area contributed by atoms with Crippen molar-refractivity contribution in [3.05, 3.63) is 0 Å². The Hall–Kier alpha value is -0.810. The minimum absolute atomic E-state index is 0.613. The number of guanidine groups is 1. The van der Waals surface area contributed by atoms with Gasteiger partial charge in [0, 0.05) is 39.7 Å². The van der Waals surface area contributed by atoms with Gasteiger partial charge >= 0.3 is 0 Å². The number of nitrogens with one attached hydrogen (secondary N) is 1. The Bertz CT molecular complexity index is 234. The van der Waals surface area contributed by atoms with E-state index in [9.17, 15) is 0 Å². The molecule has 1 aliphatic heterocycles. The van der Waals surface area contributed by atoms with Gasteiger partial charge in [0.05, 0.1) is 19.8 Å². The number of hydrogen-bond donors (Lipinski definition) is 1. The van der Waals surface area contributed by atoms with Crippen LogP contribution in [0.3, 0.4) is 0 Å². The van der Waals surface area contributed by atoms with E-state index in [1.807, 2.05) is 7.05 Å². The lowest BCUT2D eigenvalue weighted by atomic mass is 10.1. The van der Waals surface area contributed by atoms with Crippen molar-refractivity contribution in [3.63, 3.8) is 0 Å². The molecule has 0 aromatic rings. The topological polar surface area (TPSA) is 46.1 Å². The quantitative estimate of drug-likeness (QED) is 0.421. The summed E-state index contributed by atoms with van der Waals surface area (Å²) < 4.78 is 10.5. The summed E-state index contributed by atoms with van der Waals surface area (Å²) >= 11 is 0. The Morgan fingerprint density at radius 1 is 1.47 bits per heavy atom. The van der Waals surface area contributed by atoms with Gasteiger partial charge in [0.25, 0.3) is 0 Å². The molecule has 0 aromatic carbocycles. The van der Waals surface area contributed by atoms with Gasteiger partial charge < -0.3 is 19.7 Å². The number of hydrogen-bond acceptors (Lipinski definition) is 3. The first kappa shape index (κ1) is 14.3. The second kappa shape index (κ2) is 8.31. The van der Waals surface area contributed by atoms with E-state index in [1.165, 1.54) is 6.42 Å². The molecular weight excluding hydrogens is 218 g/mol. The molecular formula is C12H25N3O2. The van der Waals surface area contributed by atoms with Crippen LogP contribution in [0, 0.1) is 5.92 Å². The maximum absolute atomic E-state index is 5.57. The van der Waals surface area contributed by atoms with Crippen LogP contribution >= 0.6 is 0 Å². The van der Waals surface area contributed by atoms with Crippen molar-refractivity contribution in [2.45, 2.75) is 13.3 Å². The molecule has 0 aliphatic carbocycles. The molecule has 5 nitrogen and oxygen atoms in total. The summed E-state index contributed by atoms with van der Waals surface area (Å²) in [5.74, 6) is 1.62. The van der Waals surface area contributed by atoms with Crippen molar-refractivity contribution in [3.8, 4) is 0 Å². The molecule has 1 heterocycles. The largest absolute Gasteiger partial charge is 0.382 e. The van der Waals surface area contributed by atoms with E-state index in [4.69, 9.17) is 9.47 Å². The Kier molecular flexibility index (Phi) is 6.96. The molecule has 1 N–H and O–H groups in total.